The number of hydrogen-bond donors (Lipinski definition) is 0. The quantitative estimate of drug-likeness (QED) is 0.711. The molecule has 2 amide bonds. The number of anilines is 2. The van der Waals surface area contributed by atoms with Crippen LogP contribution in [0.5, 0.6) is 0 Å². The summed E-state index contributed by atoms with van der Waals surface area (Å²) in [5.41, 5.74) is 1.46. The van der Waals surface area contributed by atoms with Gasteiger partial charge in [-0.2, -0.15) is 0 Å². The van der Waals surface area contributed by atoms with Crippen LogP contribution in [0.3, 0.4) is 0 Å². The Balaban J connectivity index is 1.67. The molecule has 2 aromatic rings. The van der Waals surface area contributed by atoms with E-state index in [0.717, 1.165) is 23.0 Å². The van der Waals surface area contributed by atoms with Crippen LogP contribution in [0.2, 0.25) is 0 Å². The standard InChI is InChI=1S/C20H19BrN2O3/c1-2-6-16-17-18(26-23(16)15-7-4-3-5-8-15)20(25)22(19(17)24)14-11-9-13(21)10-12-14/h3-5,7-12,16-18H,2,6H2,1H3/t16-,17-,18+/m1/s1. The monoisotopic (exact) mass is 414 g/mol. The summed E-state index contributed by atoms with van der Waals surface area (Å²) in [7, 11) is 0. The maximum atomic E-state index is 13.1. The second-order valence-electron chi connectivity index (χ2n) is 6.56. The summed E-state index contributed by atoms with van der Waals surface area (Å²) >= 11 is 3.38. The van der Waals surface area contributed by atoms with Gasteiger partial charge in [0.2, 0.25) is 5.91 Å². The minimum absolute atomic E-state index is 0.149. The highest BCUT2D eigenvalue weighted by Gasteiger charge is 2.59. The molecule has 0 aliphatic carbocycles. The first kappa shape index (κ1) is 17.2. The zero-order valence-electron chi connectivity index (χ0n) is 14.3. The zero-order valence-corrected chi connectivity index (χ0v) is 15.9. The van der Waals surface area contributed by atoms with Crippen LogP contribution in [-0.4, -0.2) is 24.0 Å². The number of imide groups is 1. The number of carbonyl (C=O) groups excluding carboxylic acids is 2. The van der Waals surface area contributed by atoms with E-state index in [1.54, 1.807) is 17.2 Å². The summed E-state index contributed by atoms with van der Waals surface area (Å²) in [6.45, 7) is 2.07. The molecule has 2 aliphatic rings. The number of carbonyl (C=O) groups is 2. The van der Waals surface area contributed by atoms with Gasteiger partial charge >= 0.3 is 0 Å². The Morgan fingerprint density at radius 2 is 1.65 bits per heavy atom. The third-order valence-electron chi connectivity index (χ3n) is 4.92. The third-order valence-corrected chi connectivity index (χ3v) is 5.45. The number of rotatable bonds is 4. The van der Waals surface area contributed by atoms with Gasteiger partial charge in [-0.3, -0.25) is 14.4 Å². The molecule has 2 saturated heterocycles. The maximum absolute atomic E-state index is 13.1. The molecule has 0 unspecified atom stereocenters. The highest BCUT2D eigenvalue weighted by molar-refractivity contribution is 9.10. The average molecular weight is 415 g/mol. The highest BCUT2D eigenvalue weighted by Crippen LogP contribution is 2.41. The second-order valence-corrected chi connectivity index (χ2v) is 7.47. The van der Waals surface area contributed by atoms with Gasteiger partial charge < -0.3 is 0 Å². The van der Waals surface area contributed by atoms with Crippen molar-refractivity contribution in [2.45, 2.75) is 31.9 Å². The van der Waals surface area contributed by atoms with Crippen molar-refractivity contribution >= 4 is 39.1 Å². The molecular formula is C20H19BrN2O3. The number of para-hydroxylation sites is 1. The summed E-state index contributed by atoms with van der Waals surface area (Å²) in [5, 5.41) is 1.76. The van der Waals surface area contributed by atoms with Crippen molar-refractivity contribution in [3.05, 3.63) is 59.1 Å². The van der Waals surface area contributed by atoms with Crippen molar-refractivity contribution in [3.8, 4) is 0 Å². The molecule has 134 valence electrons. The maximum Gasteiger partial charge on any atom is 0.266 e. The van der Waals surface area contributed by atoms with Gasteiger partial charge in [0.05, 0.1) is 23.3 Å². The van der Waals surface area contributed by atoms with Crippen molar-refractivity contribution in [3.63, 3.8) is 0 Å². The molecule has 0 bridgehead atoms. The van der Waals surface area contributed by atoms with Crippen LogP contribution in [0.4, 0.5) is 11.4 Å². The first-order chi connectivity index (χ1) is 12.6. The minimum atomic E-state index is -0.761. The number of hydroxylamine groups is 1. The van der Waals surface area contributed by atoms with Crippen LogP contribution in [0.1, 0.15) is 19.8 Å². The number of fused-ring (bicyclic) bond motifs is 1. The Bertz CT molecular complexity index is 825. The lowest BCUT2D eigenvalue weighted by atomic mass is 9.93. The van der Waals surface area contributed by atoms with E-state index in [-0.39, 0.29) is 17.9 Å². The SMILES string of the molecule is CCC[C@@H]1[C@H]2C(=O)N(c3ccc(Br)cc3)C(=O)[C@H]2ON1c1ccccc1. The van der Waals surface area contributed by atoms with Crippen molar-refractivity contribution in [1.29, 1.82) is 0 Å². The summed E-state index contributed by atoms with van der Waals surface area (Å²) in [5.74, 6) is -0.952. The van der Waals surface area contributed by atoms with E-state index in [1.807, 2.05) is 42.5 Å². The predicted octanol–water partition coefficient (Wildman–Crippen LogP) is 3.93. The molecule has 0 radical (unpaired) electrons. The van der Waals surface area contributed by atoms with Crippen LogP contribution >= 0.6 is 15.9 Å². The Kier molecular flexibility index (Phi) is 4.54. The van der Waals surface area contributed by atoms with Gasteiger partial charge in [-0.15, -0.1) is 0 Å². The molecular weight excluding hydrogens is 396 g/mol. The Hall–Kier alpha value is -2.18. The average Bonchev–Trinajstić information content (AvgIpc) is 3.14. The smallest absolute Gasteiger partial charge is 0.266 e. The van der Waals surface area contributed by atoms with Crippen molar-refractivity contribution in [2.24, 2.45) is 5.92 Å². The molecule has 0 aromatic heterocycles. The number of hydrogen-bond acceptors (Lipinski definition) is 4. The van der Waals surface area contributed by atoms with Crippen molar-refractivity contribution in [1.82, 2.24) is 0 Å². The minimum Gasteiger partial charge on any atom is -0.273 e. The third kappa shape index (κ3) is 2.73. The summed E-state index contributed by atoms with van der Waals surface area (Å²) in [6, 6.07) is 16.7. The fraction of sp³-hybridized carbons (Fsp3) is 0.300. The lowest BCUT2D eigenvalue weighted by Gasteiger charge is -2.28. The van der Waals surface area contributed by atoms with Gasteiger partial charge in [-0.1, -0.05) is 47.5 Å². The Morgan fingerprint density at radius 1 is 0.962 bits per heavy atom. The fourth-order valence-corrected chi connectivity index (χ4v) is 4.02. The zero-order chi connectivity index (χ0) is 18.3. The summed E-state index contributed by atoms with van der Waals surface area (Å²) in [4.78, 5) is 33.4. The molecule has 5 nitrogen and oxygen atoms in total. The van der Waals surface area contributed by atoms with Crippen molar-refractivity contribution in [2.75, 3.05) is 9.96 Å². The van der Waals surface area contributed by atoms with E-state index < -0.39 is 12.0 Å². The van der Waals surface area contributed by atoms with E-state index in [9.17, 15) is 9.59 Å². The van der Waals surface area contributed by atoms with Crippen LogP contribution in [0.15, 0.2) is 59.1 Å². The van der Waals surface area contributed by atoms with Crippen LogP contribution in [0, 0.1) is 5.92 Å². The number of nitrogens with zero attached hydrogens (tertiary/aromatic N) is 2. The summed E-state index contributed by atoms with van der Waals surface area (Å²) in [6.07, 6.45) is 0.923. The second kappa shape index (κ2) is 6.85. The highest BCUT2D eigenvalue weighted by atomic mass is 79.9. The topological polar surface area (TPSA) is 49.9 Å². The molecule has 3 atom stereocenters. The van der Waals surface area contributed by atoms with Crippen LogP contribution < -0.4 is 9.96 Å². The van der Waals surface area contributed by atoms with Gasteiger partial charge in [0.1, 0.15) is 0 Å². The van der Waals surface area contributed by atoms with Gasteiger partial charge in [0, 0.05) is 4.47 Å². The van der Waals surface area contributed by atoms with Gasteiger partial charge in [0.25, 0.3) is 5.91 Å². The lowest BCUT2D eigenvalue weighted by Crippen LogP contribution is -2.40. The van der Waals surface area contributed by atoms with E-state index in [2.05, 4.69) is 22.9 Å². The molecule has 2 heterocycles. The Morgan fingerprint density at radius 3 is 2.31 bits per heavy atom. The fourth-order valence-electron chi connectivity index (χ4n) is 3.76. The Labute approximate surface area is 160 Å². The molecule has 2 fully saturated rings. The van der Waals surface area contributed by atoms with Gasteiger partial charge in [0.15, 0.2) is 6.10 Å². The number of benzene rings is 2. The van der Waals surface area contributed by atoms with E-state index in [0.29, 0.717) is 5.69 Å². The largest absolute Gasteiger partial charge is 0.273 e. The predicted molar refractivity (Wildman–Crippen MR) is 103 cm³/mol. The molecule has 0 saturated carbocycles. The van der Waals surface area contributed by atoms with Gasteiger partial charge in [-0.05, 0) is 42.8 Å². The van der Waals surface area contributed by atoms with Gasteiger partial charge in [-0.25, -0.2) is 9.96 Å². The van der Waals surface area contributed by atoms with E-state index >= 15 is 0 Å². The molecule has 2 aromatic carbocycles. The summed E-state index contributed by atoms with van der Waals surface area (Å²) < 4.78 is 0.899. The number of amides is 2. The van der Waals surface area contributed by atoms with Crippen molar-refractivity contribution < 1.29 is 14.4 Å². The molecule has 26 heavy (non-hydrogen) atoms. The molecule has 6 heteroatoms. The molecule has 0 spiro atoms. The molecule has 4 rings (SSSR count). The molecule has 0 N–H and O–H groups in total. The van der Waals surface area contributed by atoms with Crippen LogP contribution in [0.25, 0.3) is 0 Å². The van der Waals surface area contributed by atoms with E-state index in [4.69, 9.17) is 4.84 Å². The first-order valence-corrected chi connectivity index (χ1v) is 9.55. The normalized spacial score (nSPS) is 25.1. The molecule has 2 aliphatic heterocycles. The number of halogens is 1. The van der Waals surface area contributed by atoms with Crippen LogP contribution in [-0.2, 0) is 14.4 Å². The first-order valence-electron chi connectivity index (χ1n) is 8.76. The lowest BCUT2D eigenvalue weighted by molar-refractivity contribution is -0.126. The van der Waals surface area contributed by atoms with E-state index in [1.165, 1.54) is 4.90 Å².